The Morgan fingerprint density at radius 3 is 2.68 bits per heavy atom. The first-order chi connectivity index (χ1) is 11.9. The third kappa shape index (κ3) is 4.45. The predicted molar refractivity (Wildman–Crippen MR) is 98.3 cm³/mol. The summed E-state index contributed by atoms with van der Waals surface area (Å²) < 4.78 is 0. The molecule has 0 bridgehead atoms. The second-order valence-electron chi connectivity index (χ2n) is 7.45. The molecule has 1 aliphatic heterocycles. The minimum absolute atomic E-state index is 0.0837. The van der Waals surface area contributed by atoms with Crippen molar-refractivity contribution in [3.05, 3.63) is 65.5 Å². The number of carbonyl (C=O) groups is 1. The lowest BCUT2D eigenvalue weighted by Gasteiger charge is -2.25. The fraction of sp³-hybridized carbons (Fsp3) is 0.429. The molecule has 0 radical (unpaired) electrons. The first-order valence-corrected chi connectivity index (χ1v) is 8.96. The molecule has 1 aromatic heterocycles. The Morgan fingerprint density at radius 1 is 1.28 bits per heavy atom. The number of aliphatic hydroxyl groups is 1. The van der Waals surface area contributed by atoms with Crippen LogP contribution in [-0.2, 0) is 6.42 Å². The Balaban J connectivity index is 1.70. The summed E-state index contributed by atoms with van der Waals surface area (Å²) in [5.41, 5.74) is 2.31. The fourth-order valence-corrected chi connectivity index (χ4v) is 3.36. The molecule has 132 valence electrons. The summed E-state index contributed by atoms with van der Waals surface area (Å²) in [6, 6.07) is 11.9. The van der Waals surface area contributed by atoms with Crippen molar-refractivity contribution in [3.8, 4) is 0 Å². The molecule has 0 spiro atoms. The van der Waals surface area contributed by atoms with Gasteiger partial charge in [0.2, 0.25) is 0 Å². The van der Waals surface area contributed by atoms with E-state index in [1.807, 2.05) is 61.3 Å². The van der Waals surface area contributed by atoms with Crippen LogP contribution in [0.15, 0.2) is 48.8 Å². The van der Waals surface area contributed by atoms with Gasteiger partial charge in [0.1, 0.15) is 0 Å². The van der Waals surface area contributed by atoms with Crippen molar-refractivity contribution >= 4 is 5.91 Å². The number of likely N-dealkylation sites (tertiary alicyclic amines) is 1. The maximum atomic E-state index is 12.9. The number of nitrogens with zero attached hydrogens (tertiary/aromatic N) is 2. The topological polar surface area (TPSA) is 53.4 Å². The van der Waals surface area contributed by atoms with Gasteiger partial charge in [0.05, 0.1) is 11.6 Å². The Kier molecular flexibility index (Phi) is 5.19. The van der Waals surface area contributed by atoms with E-state index >= 15 is 0 Å². The average molecular weight is 338 g/mol. The van der Waals surface area contributed by atoms with Crippen molar-refractivity contribution in [1.29, 1.82) is 0 Å². The molecule has 4 heteroatoms. The molecule has 0 aliphatic carbocycles. The maximum Gasteiger partial charge on any atom is 0.254 e. The maximum absolute atomic E-state index is 12.9. The third-order valence-corrected chi connectivity index (χ3v) is 4.81. The van der Waals surface area contributed by atoms with Crippen LogP contribution in [0.2, 0.25) is 0 Å². The van der Waals surface area contributed by atoms with Crippen molar-refractivity contribution in [1.82, 2.24) is 9.88 Å². The molecular weight excluding hydrogens is 312 g/mol. The van der Waals surface area contributed by atoms with E-state index in [9.17, 15) is 9.90 Å². The van der Waals surface area contributed by atoms with Crippen molar-refractivity contribution in [2.24, 2.45) is 0 Å². The van der Waals surface area contributed by atoms with Crippen LogP contribution in [0.5, 0.6) is 0 Å². The minimum Gasteiger partial charge on any atom is -0.390 e. The number of benzene rings is 1. The molecule has 1 fully saturated rings. The van der Waals surface area contributed by atoms with E-state index in [1.54, 1.807) is 6.20 Å². The Morgan fingerprint density at radius 2 is 2.04 bits per heavy atom. The summed E-state index contributed by atoms with van der Waals surface area (Å²) in [4.78, 5) is 19.1. The second kappa shape index (κ2) is 7.36. The molecule has 1 amide bonds. The van der Waals surface area contributed by atoms with Crippen LogP contribution in [0.3, 0.4) is 0 Å². The number of aryl methyl sites for hydroxylation is 1. The van der Waals surface area contributed by atoms with Gasteiger partial charge in [0, 0.05) is 24.5 Å². The largest absolute Gasteiger partial charge is 0.390 e. The van der Waals surface area contributed by atoms with Crippen molar-refractivity contribution < 1.29 is 9.90 Å². The zero-order valence-corrected chi connectivity index (χ0v) is 15.0. The van der Waals surface area contributed by atoms with Gasteiger partial charge in [-0.15, -0.1) is 0 Å². The predicted octanol–water partition coefficient (Wildman–Crippen LogP) is 3.76. The lowest BCUT2D eigenvalue weighted by Crippen LogP contribution is -2.30. The number of amides is 1. The van der Waals surface area contributed by atoms with Crippen LogP contribution in [0, 0.1) is 0 Å². The molecule has 2 aromatic rings. The number of aromatic nitrogens is 1. The molecule has 1 saturated heterocycles. The van der Waals surface area contributed by atoms with E-state index < -0.39 is 5.60 Å². The van der Waals surface area contributed by atoms with Crippen molar-refractivity contribution in [2.75, 3.05) is 6.54 Å². The van der Waals surface area contributed by atoms with Crippen LogP contribution in [0.4, 0.5) is 0 Å². The van der Waals surface area contributed by atoms with E-state index in [-0.39, 0.29) is 11.9 Å². The zero-order chi connectivity index (χ0) is 17.9. The van der Waals surface area contributed by atoms with Crippen LogP contribution < -0.4 is 0 Å². The number of rotatable bonds is 5. The van der Waals surface area contributed by atoms with Crippen LogP contribution in [-0.4, -0.2) is 33.0 Å². The molecule has 1 aromatic carbocycles. The van der Waals surface area contributed by atoms with Gasteiger partial charge in [0.15, 0.2) is 0 Å². The summed E-state index contributed by atoms with van der Waals surface area (Å²) in [6.07, 6.45) is 7.14. The molecule has 0 saturated carbocycles. The van der Waals surface area contributed by atoms with Crippen LogP contribution >= 0.6 is 0 Å². The van der Waals surface area contributed by atoms with E-state index in [0.717, 1.165) is 42.5 Å². The third-order valence-electron chi connectivity index (χ3n) is 4.81. The van der Waals surface area contributed by atoms with E-state index in [2.05, 4.69) is 4.98 Å². The average Bonchev–Trinajstić information content (AvgIpc) is 3.10. The highest BCUT2D eigenvalue weighted by molar-refractivity contribution is 5.94. The number of carbonyl (C=O) groups excluding carboxylic acids is 1. The summed E-state index contributed by atoms with van der Waals surface area (Å²) in [7, 11) is 0. The molecule has 1 aliphatic rings. The summed E-state index contributed by atoms with van der Waals surface area (Å²) in [5.74, 6) is 0.0837. The normalized spacial score (nSPS) is 17.7. The molecular formula is C21H26N2O2. The van der Waals surface area contributed by atoms with E-state index in [0.29, 0.717) is 6.42 Å². The minimum atomic E-state index is -0.666. The Bertz CT molecular complexity index is 705. The highest BCUT2D eigenvalue weighted by atomic mass is 16.3. The van der Waals surface area contributed by atoms with Crippen molar-refractivity contribution in [2.45, 2.75) is 51.2 Å². The summed E-state index contributed by atoms with van der Waals surface area (Å²) in [6.45, 7) is 4.42. The molecule has 4 nitrogen and oxygen atoms in total. The smallest absolute Gasteiger partial charge is 0.254 e. The number of hydrogen-bond donors (Lipinski definition) is 1. The number of hydrogen-bond acceptors (Lipinski definition) is 3. The van der Waals surface area contributed by atoms with E-state index in [4.69, 9.17) is 0 Å². The molecule has 1 N–H and O–H groups in total. The molecule has 2 heterocycles. The van der Waals surface area contributed by atoms with E-state index in [1.165, 1.54) is 0 Å². The second-order valence-corrected chi connectivity index (χ2v) is 7.45. The fourth-order valence-electron chi connectivity index (χ4n) is 3.36. The first kappa shape index (κ1) is 17.6. The van der Waals surface area contributed by atoms with Gasteiger partial charge in [-0.05, 0) is 68.9 Å². The summed E-state index contributed by atoms with van der Waals surface area (Å²) >= 11 is 0. The van der Waals surface area contributed by atoms with Gasteiger partial charge < -0.3 is 10.0 Å². The van der Waals surface area contributed by atoms with Gasteiger partial charge in [-0.2, -0.15) is 0 Å². The van der Waals surface area contributed by atoms with Gasteiger partial charge >= 0.3 is 0 Å². The van der Waals surface area contributed by atoms with Crippen LogP contribution in [0.1, 0.15) is 60.6 Å². The Labute approximate surface area is 149 Å². The molecule has 1 atom stereocenters. The van der Waals surface area contributed by atoms with Crippen LogP contribution in [0.25, 0.3) is 0 Å². The number of pyridine rings is 1. The molecule has 25 heavy (non-hydrogen) atoms. The summed E-state index contributed by atoms with van der Waals surface area (Å²) in [5, 5.41) is 9.84. The van der Waals surface area contributed by atoms with Gasteiger partial charge in [-0.25, -0.2) is 0 Å². The molecule has 3 rings (SSSR count). The first-order valence-electron chi connectivity index (χ1n) is 8.96. The highest BCUT2D eigenvalue weighted by Crippen LogP contribution is 2.32. The standard InChI is InChI=1S/C21H26N2O2/c1-21(2,25)12-11-16-7-9-17(10-8-16)20(24)23-14-4-6-19(23)18-5-3-13-22-15-18/h3,5,7-10,13,15,19,25H,4,6,11-12,14H2,1-2H3/t19-/m0/s1. The quantitative estimate of drug-likeness (QED) is 0.903. The lowest BCUT2D eigenvalue weighted by atomic mass is 9.98. The lowest BCUT2D eigenvalue weighted by molar-refractivity contribution is 0.0710. The molecule has 0 unspecified atom stereocenters. The van der Waals surface area contributed by atoms with Gasteiger partial charge in [-0.1, -0.05) is 18.2 Å². The van der Waals surface area contributed by atoms with Gasteiger partial charge in [0.25, 0.3) is 5.91 Å². The zero-order valence-electron chi connectivity index (χ0n) is 15.0. The highest BCUT2D eigenvalue weighted by Gasteiger charge is 2.30. The monoisotopic (exact) mass is 338 g/mol. The Hall–Kier alpha value is -2.20. The van der Waals surface area contributed by atoms with Crippen molar-refractivity contribution in [3.63, 3.8) is 0 Å². The SMILES string of the molecule is CC(C)(O)CCc1ccc(C(=O)N2CCC[C@H]2c2cccnc2)cc1. The van der Waals surface area contributed by atoms with Gasteiger partial charge in [-0.3, -0.25) is 9.78 Å².